The zero-order valence-corrected chi connectivity index (χ0v) is 16.3. The van der Waals surface area contributed by atoms with Gasteiger partial charge in [0.05, 0.1) is 32.0 Å². The van der Waals surface area contributed by atoms with Gasteiger partial charge < -0.3 is 19.7 Å². The SMILES string of the molecule is COc1ccc(CN2CCC3(CC2)OCC[C@H](O)[C@@H]3O)cc1Cn1cccn1. The molecular formula is C21H29N3O4. The van der Waals surface area contributed by atoms with E-state index in [4.69, 9.17) is 9.47 Å². The number of nitrogens with zero attached hydrogens (tertiary/aromatic N) is 3. The molecule has 0 saturated carbocycles. The van der Waals surface area contributed by atoms with Crippen LogP contribution < -0.4 is 4.74 Å². The van der Waals surface area contributed by atoms with Gasteiger partial charge in [0.25, 0.3) is 0 Å². The largest absolute Gasteiger partial charge is 0.496 e. The Labute approximate surface area is 165 Å². The number of aliphatic hydroxyl groups excluding tert-OH is 2. The van der Waals surface area contributed by atoms with Crippen LogP contribution in [0.3, 0.4) is 0 Å². The molecule has 0 amide bonds. The van der Waals surface area contributed by atoms with E-state index >= 15 is 0 Å². The van der Waals surface area contributed by atoms with Gasteiger partial charge in [0.1, 0.15) is 11.9 Å². The number of aliphatic hydroxyl groups is 2. The topological polar surface area (TPSA) is 80.0 Å². The Bertz CT molecular complexity index is 772. The highest BCUT2D eigenvalue weighted by Crippen LogP contribution is 2.36. The van der Waals surface area contributed by atoms with Gasteiger partial charge in [-0.3, -0.25) is 9.58 Å². The van der Waals surface area contributed by atoms with Gasteiger partial charge in [-0.1, -0.05) is 6.07 Å². The zero-order chi connectivity index (χ0) is 19.6. The van der Waals surface area contributed by atoms with Crippen molar-refractivity contribution >= 4 is 0 Å². The molecule has 152 valence electrons. The van der Waals surface area contributed by atoms with Gasteiger partial charge in [-0.2, -0.15) is 5.10 Å². The maximum Gasteiger partial charge on any atom is 0.123 e. The summed E-state index contributed by atoms with van der Waals surface area (Å²) in [6.07, 6.45) is 4.25. The van der Waals surface area contributed by atoms with Crippen molar-refractivity contribution in [3.8, 4) is 5.75 Å². The van der Waals surface area contributed by atoms with Crippen LogP contribution in [0.15, 0.2) is 36.7 Å². The van der Waals surface area contributed by atoms with Crippen molar-refractivity contribution in [3.63, 3.8) is 0 Å². The lowest BCUT2D eigenvalue weighted by Gasteiger charge is -2.48. The fraction of sp³-hybridized carbons (Fsp3) is 0.571. The molecule has 0 radical (unpaired) electrons. The molecule has 2 N–H and O–H groups in total. The first-order valence-corrected chi connectivity index (χ1v) is 9.95. The second-order valence-corrected chi connectivity index (χ2v) is 7.84. The molecule has 7 nitrogen and oxygen atoms in total. The maximum absolute atomic E-state index is 10.4. The van der Waals surface area contributed by atoms with E-state index in [0.29, 0.717) is 19.6 Å². The standard InChI is InChI=1S/C21H29N3O4/c1-27-19-4-3-16(13-17(19)15-24-9-2-8-22-24)14-23-10-6-21(7-11-23)20(26)18(25)5-12-28-21/h2-4,8-9,13,18,20,25-26H,5-7,10-12,14-15H2,1H3/t18-,20-/m0/s1. The van der Waals surface area contributed by atoms with Crippen LogP contribution in [0.5, 0.6) is 5.75 Å². The van der Waals surface area contributed by atoms with Crippen molar-refractivity contribution in [1.29, 1.82) is 0 Å². The Morgan fingerprint density at radius 2 is 2.07 bits per heavy atom. The number of hydrogen-bond donors (Lipinski definition) is 2. The monoisotopic (exact) mass is 387 g/mol. The Morgan fingerprint density at radius 1 is 1.25 bits per heavy atom. The van der Waals surface area contributed by atoms with E-state index < -0.39 is 17.8 Å². The summed E-state index contributed by atoms with van der Waals surface area (Å²) >= 11 is 0. The smallest absolute Gasteiger partial charge is 0.123 e. The van der Waals surface area contributed by atoms with Crippen molar-refractivity contribution in [2.75, 3.05) is 26.8 Å². The highest BCUT2D eigenvalue weighted by Gasteiger charge is 2.47. The van der Waals surface area contributed by atoms with Gasteiger partial charge >= 0.3 is 0 Å². The number of methoxy groups -OCH3 is 1. The van der Waals surface area contributed by atoms with Crippen molar-refractivity contribution < 1.29 is 19.7 Å². The fourth-order valence-corrected chi connectivity index (χ4v) is 4.39. The lowest BCUT2D eigenvalue weighted by molar-refractivity contribution is -0.214. The summed E-state index contributed by atoms with van der Waals surface area (Å²) < 4.78 is 13.3. The van der Waals surface area contributed by atoms with Crippen LogP contribution in [-0.4, -0.2) is 69.5 Å². The highest BCUT2D eigenvalue weighted by molar-refractivity contribution is 5.37. The number of benzene rings is 1. The molecule has 2 aliphatic rings. The second-order valence-electron chi connectivity index (χ2n) is 7.84. The van der Waals surface area contributed by atoms with Gasteiger partial charge in [0, 0.05) is 37.6 Å². The van der Waals surface area contributed by atoms with Crippen LogP contribution in [-0.2, 0) is 17.8 Å². The van der Waals surface area contributed by atoms with Gasteiger partial charge in [-0.25, -0.2) is 0 Å². The molecular weight excluding hydrogens is 358 g/mol. The number of hydrogen-bond acceptors (Lipinski definition) is 6. The van der Waals surface area contributed by atoms with Crippen LogP contribution in [0.4, 0.5) is 0 Å². The van der Waals surface area contributed by atoms with Crippen LogP contribution in [0.1, 0.15) is 30.4 Å². The zero-order valence-electron chi connectivity index (χ0n) is 16.3. The lowest BCUT2D eigenvalue weighted by Crippen LogP contribution is -2.59. The minimum absolute atomic E-state index is 0.511. The molecule has 4 rings (SSSR count). The van der Waals surface area contributed by atoms with E-state index in [9.17, 15) is 10.2 Å². The highest BCUT2D eigenvalue weighted by atomic mass is 16.5. The molecule has 2 aliphatic heterocycles. The number of piperidine rings is 1. The molecule has 2 atom stereocenters. The van der Waals surface area contributed by atoms with Gasteiger partial charge in [-0.15, -0.1) is 0 Å². The van der Waals surface area contributed by atoms with E-state index in [1.54, 1.807) is 13.3 Å². The summed E-state index contributed by atoms with van der Waals surface area (Å²) in [5.74, 6) is 0.865. The molecule has 2 fully saturated rings. The maximum atomic E-state index is 10.4. The molecule has 28 heavy (non-hydrogen) atoms. The van der Waals surface area contributed by atoms with Crippen LogP contribution in [0, 0.1) is 0 Å². The van der Waals surface area contributed by atoms with Crippen LogP contribution in [0.25, 0.3) is 0 Å². The summed E-state index contributed by atoms with van der Waals surface area (Å²) in [5.41, 5.74) is 1.75. The summed E-state index contributed by atoms with van der Waals surface area (Å²) in [6.45, 7) is 3.71. The predicted molar refractivity (Wildman–Crippen MR) is 104 cm³/mol. The lowest BCUT2D eigenvalue weighted by atomic mass is 9.80. The minimum Gasteiger partial charge on any atom is -0.496 e. The molecule has 1 aromatic heterocycles. The van der Waals surface area contributed by atoms with Crippen molar-refractivity contribution in [1.82, 2.24) is 14.7 Å². The average molecular weight is 387 g/mol. The van der Waals surface area contributed by atoms with Gasteiger partial charge in [0.15, 0.2) is 0 Å². The Kier molecular flexibility index (Phi) is 5.68. The number of ether oxygens (including phenoxy) is 2. The molecule has 3 heterocycles. The van der Waals surface area contributed by atoms with Crippen molar-refractivity contribution in [2.45, 2.75) is 50.2 Å². The number of aromatic nitrogens is 2. The molecule has 1 spiro atoms. The summed E-state index contributed by atoms with van der Waals surface area (Å²) in [4.78, 5) is 2.38. The fourth-order valence-electron chi connectivity index (χ4n) is 4.39. The molecule has 1 aromatic carbocycles. The van der Waals surface area contributed by atoms with E-state index in [1.165, 1.54) is 5.56 Å². The Balaban J connectivity index is 1.41. The number of rotatable bonds is 5. The van der Waals surface area contributed by atoms with Crippen molar-refractivity contribution in [3.05, 3.63) is 47.8 Å². The molecule has 0 aliphatic carbocycles. The predicted octanol–water partition coefficient (Wildman–Crippen LogP) is 1.42. The summed E-state index contributed by atoms with van der Waals surface area (Å²) in [7, 11) is 1.69. The van der Waals surface area contributed by atoms with Crippen LogP contribution in [0.2, 0.25) is 0 Å². The third kappa shape index (κ3) is 3.93. The van der Waals surface area contributed by atoms with Crippen molar-refractivity contribution in [2.24, 2.45) is 0 Å². The van der Waals surface area contributed by atoms with Gasteiger partial charge in [0.2, 0.25) is 0 Å². The molecule has 7 heteroatoms. The number of likely N-dealkylation sites (tertiary alicyclic amines) is 1. The Morgan fingerprint density at radius 3 is 2.79 bits per heavy atom. The summed E-state index contributed by atoms with van der Waals surface area (Å²) in [5, 5.41) is 24.7. The third-order valence-corrected chi connectivity index (χ3v) is 6.05. The molecule has 2 aromatic rings. The first-order valence-electron chi connectivity index (χ1n) is 9.95. The van der Waals surface area contributed by atoms with Gasteiger partial charge in [-0.05, 0) is 43.0 Å². The third-order valence-electron chi connectivity index (χ3n) is 6.05. The second kappa shape index (κ2) is 8.21. The van der Waals surface area contributed by atoms with E-state index in [2.05, 4.69) is 22.1 Å². The normalized spacial score (nSPS) is 25.1. The quantitative estimate of drug-likeness (QED) is 0.808. The van der Waals surface area contributed by atoms with E-state index in [-0.39, 0.29) is 0 Å². The van der Waals surface area contributed by atoms with E-state index in [1.807, 2.05) is 23.0 Å². The molecule has 2 saturated heterocycles. The van der Waals surface area contributed by atoms with E-state index in [0.717, 1.165) is 43.8 Å². The minimum atomic E-state index is -0.787. The first-order chi connectivity index (χ1) is 13.6. The molecule has 0 bridgehead atoms. The molecule has 0 unspecified atom stereocenters. The summed E-state index contributed by atoms with van der Waals surface area (Å²) in [6, 6.07) is 8.22. The first kappa shape index (κ1) is 19.4. The Hall–Kier alpha value is -1.93. The average Bonchev–Trinajstić information content (AvgIpc) is 3.21. The van der Waals surface area contributed by atoms with Crippen LogP contribution >= 0.6 is 0 Å².